The SMILES string of the molecule is Cc1nn(C2CCCCO2)c2c(F)cc(C#N)cc12. The van der Waals surface area contributed by atoms with Gasteiger partial charge in [0.15, 0.2) is 12.0 Å². The van der Waals surface area contributed by atoms with Crippen LogP contribution >= 0.6 is 0 Å². The molecule has 0 saturated carbocycles. The Morgan fingerprint density at radius 3 is 3.00 bits per heavy atom. The largest absolute Gasteiger partial charge is 0.356 e. The average molecular weight is 259 g/mol. The maximum Gasteiger partial charge on any atom is 0.150 e. The van der Waals surface area contributed by atoms with Crippen molar-refractivity contribution in [3.8, 4) is 6.07 Å². The molecule has 0 amide bonds. The van der Waals surface area contributed by atoms with Crippen molar-refractivity contribution >= 4 is 10.9 Å². The van der Waals surface area contributed by atoms with Crippen LogP contribution in [0, 0.1) is 24.1 Å². The third-order valence-electron chi connectivity index (χ3n) is 3.50. The maximum atomic E-state index is 14.2. The van der Waals surface area contributed by atoms with E-state index in [2.05, 4.69) is 5.10 Å². The molecule has 1 atom stereocenters. The van der Waals surface area contributed by atoms with Crippen molar-refractivity contribution in [3.05, 3.63) is 29.2 Å². The van der Waals surface area contributed by atoms with Crippen molar-refractivity contribution in [1.82, 2.24) is 9.78 Å². The van der Waals surface area contributed by atoms with E-state index in [1.165, 1.54) is 6.07 Å². The molecule has 2 heterocycles. The highest BCUT2D eigenvalue weighted by Crippen LogP contribution is 2.30. The molecule has 1 aromatic heterocycles. The second kappa shape index (κ2) is 4.63. The molecule has 1 unspecified atom stereocenters. The Labute approximate surface area is 110 Å². The lowest BCUT2D eigenvalue weighted by molar-refractivity contribution is -0.0370. The van der Waals surface area contributed by atoms with E-state index in [9.17, 15) is 4.39 Å². The highest BCUT2D eigenvalue weighted by atomic mass is 19.1. The first-order valence-corrected chi connectivity index (χ1v) is 6.41. The van der Waals surface area contributed by atoms with Crippen LogP contribution in [-0.2, 0) is 4.74 Å². The van der Waals surface area contributed by atoms with Gasteiger partial charge in [-0.2, -0.15) is 10.4 Å². The normalized spacial score (nSPS) is 19.5. The zero-order valence-corrected chi connectivity index (χ0v) is 10.7. The van der Waals surface area contributed by atoms with Gasteiger partial charge >= 0.3 is 0 Å². The molecule has 0 bridgehead atoms. The minimum Gasteiger partial charge on any atom is -0.356 e. The summed E-state index contributed by atoms with van der Waals surface area (Å²) in [6, 6.07) is 4.90. The van der Waals surface area contributed by atoms with Crippen LogP contribution in [0.3, 0.4) is 0 Å². The number of nitriles is 1. The molecule has 0 N–H and O–H groups in total. The summed E-state index contributed by atoms with van der Waals surface area (Å²) in [5.41, 5.74) is 1.47. The Kier molecular flexibility index (Phi) is 2.96. The van der Waals surface area contributed by atoms with Gasteiger partial charge in [-0.3, -0.25) is 0 Å². The number of rotatable bonds is 1. The summed E-state index contributed by atoms with van der Waals surface area (Å²) >= 11 is 0. The number of benzene rings is 1. The predicted octanol–water partition coefficient (Wildman–Crippen LogP) is 3.05. The monoisotopic (exact) mass is 259 g/mol. The number of halogens is 1. The highest BCUT2D eigenvalue weighted by Gasteiger charge is 2.22. The van der Waals surface area contributed by atoms with Crippen molar-refractivity contribution in [1.29, 1.82) is 5.26 Å². The molecule has 1 fully saturated rings. The van der Waals surface area contributed by atoms with Gasteiger partial charge in [0.05, 0.1) is 17.3 Å². The predicted molar refractivity (Wildman–Crippen MR) is 68.0 cm³/mol. The van der Waals surface area contributed by atoms with Crippen LogP contribution in [0.1, 0.15) is 36.7 Å². The molecule has 5 heteroatoms. The molecule has 19 heavy (non-hydrogen) atoms. The van der Waals surface area contributed by atoms with Gasteiger partial charge in [0.25, 0.3) is 0 Å². The first-order valence-electron chi connectivity index (χ1n) is 6.41. The smallest absolute Gasteiger partial charge is 0.150 e. The zero-order chi connectivity index (χ0) is 13.4. The van der Waals surface area contributed by atoms with Crippen LogP contribution in [0.15, 0.2) is 12.1 Å². The lowest BCUT2D eigenvalue weighted by Gasteiger charge is -2.23. The van der Waals surface area contributed by atoms with Gasteiger partial charge in [0.2, 0.25) is 0 Å². The Morgan fingerprint density at radius 1 is 1.47 bits per heavy atom. The second-order valence-electron chi connectivity index (χ2n) is 4.82. The topological polar surface area (TPSA) is 50.8 Å². The molecule has 0 aliphatic carbocycles. The molecule has 0 radical (unpaired) electrons. The van der Waals surface area contributed by atoms with Gasteiger partial charge < -0.3 is 4.74 Å². The van der Waals surface area contributed by atoms with E-state index in [0.29, 0.717) is 23.1 Å². The molecular weight excluding hydrogens is 245 g/mol. The molecule has 1 aliphatic rings. The number of hydrogen-bond donors (Lipinski definition) is 0. The number of aryl methyl sites for hydroxylation is 1. The van der Waals surface area contributed by atoms with E-state index in [4.69, 9.17) is 10.00 Å². The summed E-state index contributed by atoms with van der Waals surface area (Å²) in [5, 5.41) is 14.0. The molecule has 0 spiro atoms. The van der Waals surface area contributed by atoms with Crippen molar-refractivity contribution in [2.45, 2.75) is 32.4 Å². The van der Waals surface area contributed by atoms with Crippen molar-refractivity contribution in [2.24, 2.45) is 0 Å². The van der Waals surface area contributed by atoms with E-state index < -0.39 is 5.82 Å². The lowest BCUT2D eigenvalue weighted by Crippen LogP contribution is -2.19. The number of nitrogens with zero attached hydrogens (tertiary/aromatic N) is 3. The van der Waals surface area contributed by atoms with Gasteiger partial charge in [-0.1, -0.05) is 0 Å². The Morgan fingerprint density at radius 2 is 2.32 bits per heavy atom. The molecule has 1 aliphatic heterocycles. The fourth-order valence-electron chi connectivity index (χ4n) is 2.56. The summed E-state index contributed by atoms with van der Waals surface area (Å²) in [5.74, 6) is -0.413. The van der Waals surface area contributed by atoms with Gasteiger partial charge in [-0.15, -0.1) is 0 Å². The Bertz CT molecular complexity index is 665. The number of ether oxygens (including phenoxy) is 1. The van der Waals surface area contributed by atoms with E-state index >= 15 is 0 Å². The number of aromatic nitrogens is 2. The van der Waals surface area contributed by atoms with E-state index in [1.807, 2.05) is 13.0 Å². The molecule has 1 saturated heterocycles. The molecular formula is C14H14FN3O. The van der Waals surface area contributed by atoms with E-state index in [-0.39, 0.29) is 6.23 Å². The van der Waals surface area contributed by atoms with Crippen LogP contribution < -0.4 is 0 Å². The minimum atomic E-state index is -0.413. The highest BCUT2D eigenvalue weighted by molar-refractivity contribution is 5.84. The summed E-state index contributed by atoms with van der Waals surface area (Å²) in [7, 11) is 0. The Hall–Kier alpha value is -1.93. The summed E-state index contributed by atoms with van der Waals surface area (Å²) < 4.78 is 21.5. The van der Waals surface area contributed by atoms with Crippen LogP contribution in [0.2, 0.25) is 0 Å². The van der Waals surface area contributed by atoms with Gasteiger partial charge in [-0.25, -0.2) is 9.07 Å². The third kappa shape index (κ3) is 1.98. The zero-order valence-electron chi connectivity index (χ0n) is 10.7. The first-order chi connectivity index (χ1) is 9.20. The standard InChI is InChI=1S/C14H14FN3O/c1-9-11-6-10(8-16)7-12(15)14(11)18(17-9)13-4-2-3-5-19-13/h6-7,13H,2-5H2,1H3. The summed E-state index contributed by atoms with van der Waals surface area (Å²) in [6.07, 6.45) is 2.74. The quantitative estimate of drug-likeness (QED) is 0.790. The molecule has 2 aromatic rings. The minimum absolute atomic E-state index is 0.201. The number of fused-ring (bicyclic) bond motifs is 1. The van der Waals surface area contributed by atoms with Gasteiger partial charge in [0.1, 0.15) is 5.52 Å². The van der Waals surface area contributed by atoms with Crippen LogP contribution in [0.4, 0.5) is 4.39 Å². The van der Waals surface area contributed by atoms with Gasteiger partial charge in [0, 0.05) is 12.0 Å². The summed E-state index contributed by atoms with van der Waals surface area (Å²) in [6.45, 7) is 2.51. The number of hydrogen-bond acceptors (Lipinski definition) is 3. The van der Waals surface area contributed by atoms with Gasteiger partial charge in [-0.05, 0) is 38.3 Å². The van der Waals surface area contributed by atoms with Crippen molar-refractivity contribution < 1.29 is 9.13 Å². The van der Waals surface area contributed by atoms with Crippen molar-refractivity contribution in [2.75, 3.05) is 6.61 Å². The molecule has 4 nitrogen and oxygen atoms in total. The Balaban J connectivity index is 2.18. The van der Waals surface area contributed by atoms with E-state index in [0.717, 1.165) is 25.0 Å². The fraction of sp³-hybridized carbons (Fsp3) is 0.429. The van der Waals surface area contributed by atoms with E-state index in [1.54, 1.807) is 10.7 Å². The maximum absolute atomic E-state index is 14.2. The second-order valence-corrected chi connectivity index (χ2v) is 4.82. The van der Waals surface area contributed by atoms with Crippen LogP contribution in [0.25, 0.3) is 10.9 Å². The summed E-state index contributed by atoms with van der Waals surface area (Å²) in [4.78, 5) is 0. The molecule has 3 rings (SSSR count). The third-order valence-corrected chi connectivity index (χ3v) is 3.50. The van der Waals surface area contributed by atoms with Crippen LogP contribution in [-0.4, -0.2) is 16.4 Å². The van der Waals surface area contributed by atoms with Crippen LogP contribution in [0.5, 0.6) is 0 Å². The van der Waals surface area contributed by atoms with Crippen molar-refractivity contribution in [3.63, 3.8) is 0 Å². The first kappa shape index (κ1) is 12.1. The lowest BCUT2D eigenvalue weighted by atomic mass is 10.1. The average Bonchev–Trinajstić information content (AvgIpc) is 2.78. The molecule has 98 valence electrons. The fourth-order valence-corrected chi connectivity index (χ4v) is 2.56. The molecule has 1 aromatic carbocycles.